The number of rotatable bonds is 0. The summed E-state index contributed by atoms with van der Waals surface area (Å²) in [6.07, 6.45) is 1.92. The van der Waals surface area contributed by atoms with Crippen LogP contribution in [0.1, 0.15) is 0 Å². The smallest absolute Gasteiger partial charge is 0.239 e. The minimum atomic E-state index is 0.646. The van der Waals surface area contributed by atoms with Gasteiger partial charge in [0.25, 0.3) is 0 Å². The molecular formula is C13H8N4S. The van der Waals surface area contributed by atoms with Crippen molar-refractivity contribution in [2.24, 2.45) is 0 Å². The third kappa shape index (κ3) is 1.16. The molecule has 0 unspecified atom stereocenters. The highest BCUT2D eigenvalue weighted by Gasteiger charge is 2.07. The first-order valence-corrected chi connectivity index (χ1v) is 6.00. The summed E-state index contributed by atoms with van der Waals surface area (Å²) in [4.78, 5) is 9.02. The van der Waals surface area contributed by atoms with E-state index in [1.54, 1.807) is 0 Å². The molecule has 0 N–H and O–H groups in total. The van der Waals surface area contributed by atoms with Crippen LogP contribution in [0.25, 0.3) is 22.5 Å². The lowest BCUT2D eigenvalue weighted by Crippen LogP contribution is -2.00. The molecule has 0 atom stereocenters. The van der Waals surface area contributed by atoms with Crippen molar-refractivity contribution in [1.29, 1.82) is 0 Å². The van der Waals surface area contributed by atoms with Crippen LogP contribution >= 0.6 is 12.2 Å². The van der Waals surface area contributed by atoms with Gasteiger partial charge in [-0.15, -0.1) is 0 Å². The number of aromatic nitrogens is 4. The second-order valence-electron chi connectivity index (χ2n) is 4.06. The number of hydrogen-bond acceptors (Lipinski definition) is 3. The van der Waals surface area contributed by atoms with Crippen molar-refractivity contribution in [3.63, 3.8) is 0 Å². The van der Waals surface area contributed by atoms with E-state index in [9.17, 15) is 0 Å². The predicted octanol–water partition coefficient (Wildman–Crippen LogP) is 2.86. The minimum absolute atomic E-state index is 0.646. The summed E-state index contributed by atoms with van der Waals surface area (Å²) < 4.78 is 4.47. The maximum atomic E-state index is 5.52. The highest BCUT2D eigenvalue weighted by atomic mass is 32.1. The summed E-state index contributed by atoms with van der Waals surface area (Å²) in [5, 5.41) is 0. The van der Waals surface area contributed by atoms with E-state index < -0.39 is 0 Å². The Morgan fingerprint density at radius 2 is 1.78 bits per heavy atom. The molecule has 0 aliphatic carbocycles. The van der Waals surface area contributed by atoms with Gasteiger partial charge in [0, 0.05) is 6.20 Å². The van der Waals surface area contributed by atoms with Gasteiger partial charge < -0.3 is 0 Å². The summed E-state index contributed by atoms with van der Waals surface area (Å²) in [7, 11) is 0. The molecule has 86 valence electrons. The Labute approximate surface area is 107 Å². The van der Waals surface area contributed by atoms with E-state index in [-0.39, 0.29) is 0 Å². The standard InChI is InChI=1S/C13H8N4S/c18-13-16-8-4-3-7-11(16)15-12-14-9-5-1-2-6-10(9)17(12)13/h1-8H. The van der Waals surface area contributed by atoms with Crippen molar-refractivity contribution >= 4 is 34.7 Å². The fraction of sp³-hybridized carbons (Fsp3) is 0. The van der Waals surface area contributed by atoms with Gasteiger partial charge in [-0.3, -0.25) is 8.80 Å². The molecule has 0 fully saturated rings. The zero-order valence-electron chi connectivity index (χ0n) is 9.32. The summed E-state index contributed by atoms with van der Waals surface area (Å²) in [5.74, 6) is 0.646. The molecule has 0 saturated heterocycles. The molecule has 0 bridgehead atoms. The van der Waals surface area contributed by atoms with Gasteiger partial charge in [-0.2, -0.15) is 4.98 Å². The van der Waals surface area contributed by atoms with E-state index in [1.807, 2.05) is 57.5 Å². The number of imidazole rings is 1. The van der Waals surface area contributed by atoms with Gasteiger partial charge in [-0.25, -0.2) is 4.98 Å². The quantitative estimate of drug-likeness (QED) is 0.451. The number of para-hydroxylation sites is 2. The Bertz CT molecular complexity index is 951. The zero-order valence-corrected chi connectivity index (χ0v) is 10.1. The fourth-order valence-corrected chi connectivity index (χ4v) is 2.51. The molecule has 0 aliphatic heterocycles. The second kappa shape index (κ2) is 3.36. The Morgan fingerprint density at radius 3 is 2.72 bits per heavy atom. The van der Waals surface area contributed by atoms with Crippen LogP contribution in [-0.2, 0) is 0 Å². The largest absolute Gasteiger partial charge is 0.278 e. The van der Waals surface area contributed by atoms with Gasteiger partial charge in [0.15, 0.2) is 4.77 Å². The molecule has 0 saturated carbocycles. The number of hydrogen-bond donors (Lipinski definition) is 0. The molecule has 0 spiro atoms. The highest BCUT2D eigenvalue weighted by molar-refractivity contribution is 7.71. The topological polar surface area (TPSA) is 34.6 Å². The van der Waals surface area contributed by atoms with E-state index in [1.165, 1.54) is 0 Å². The predicted molar refractivity (Wildman–Crippen MR) is 72.3 cm³/mol. The third-order valence-corrected chi connectivity index (χ3v) is 3.37. The van der Waals surface area contributed by atoms with E-state index in [2.05, 4.69) is 9.97 Å². The van der Waals surface area contributed by atoms with Crippen LogP contribution in [0, 0.1) is 4.77 Å². The summed E-state index contributed by atoms with van der Waals surface area (Å²) in [6, 6.07) is 13.7. The summed E-state index contributed by atoms with van der Waals surface area (Å²) in [5.41, 5.74) is 2.71. The molecule has 4 nitrogen and oxygen atoms in total. The van der Waals surface area contributed by atoms with Crippen LogP contribution in [-0.4, -0.2) is 18.8 Å². The monoisotopic (exact) mass is 252 g/mol. The normalized spacial score (nSPS) is 11.6. The lowest BCUT2D eigenvalue weighted by Gasteiger charge is -2.02. The first kappa shape index (κ1) is 9.73. The number of benzene rings is 1. The van der Waals surface area contributed by atoms with Crippen LogP contribution in [0.15, 0.2) is 48.7 Å². The third-order valence-electron chi connectivity index (χ3n) is 2.99. The van der Waals surface area contributed by atoms with Gasteiger partial charge in [-0.05, 0) is 36.5 Å². The highest BCUT2D eigenvalue weighted by Crippen LogP contribution is 2.16. The molecular weight excluding hydrogens is 244 g/mol. The lowest BCUT2D eigenvalue weighted by molar-refractivity contribution is 0.963. The molecule has 4 rings (SSSR count). The molecule has 18 heavy (non-hydrogen) atoms. The average molecular weight is 252 g/mol. The van der Waals surface area contributed by atoms with Crippen molar-refractivity contribution in [2.45, 2.75) is 0 Å². The van der Waals surface area contributed by atoms with E-state index in [0.717, 1.165) is 16.7 Å². The van der Waals surface area contributed by atoms with Crippen molar-refractivity contribution < 1.29 is 0 Å². The number of pyridine rings is 1. The fourth-order valence-electron chi connectivity index (χ4n) is 2.17. The van der Waals surface area contributed by atoms with Gasteiger partial charge in [0.05, 0.1) is 11.0 Å². The summed E-state index contributed by atoms with van der Waals surface area (Å²) >= 11 is 5.52. The Hall–Kier alpha value is -2.27. The molecule has 5 heteroatoms. The van der Waals surface area contributed by atoms with Gasteiger partial charge in [0.1, 0.15) is 5.65 Å². The van der Waals surface area contributed by atoms with Crippen molar-refractivity contribution in [1.82, 2.24) is 18.8 Å². The Balaban J connectivity index is 2.39. The lowest BCUT2D eigenvalue weighted by atomic mass is 10.3. The van der Waals surface area contributed by atoms with Gasteiger partial charge >= 0.3 is 0 Å². The first-order valence-electron chi connectivity index (χ1n) is 5.59. The molecule has 0 aliphatic rings. The van der Waals surface area contributed by atoms with Crippen LogP contribution in [0.4, 0.5) is 0 Å². The second-order valence-corrected chi connectivity index (χ2v) is 4.42. The minimum Gasteiger partial charge on any atom is -0.278 e. The van der Waals surface area contributed by atoms with Crippen LogP contribution in [0.2, 0.25) is 0 Å². The zero-order chi connectivity index (χ0) is 12.1. The number of nitrogens with zero attached hydrogens (tertiary/aromatic N) is 4. The van der Waals surface area contributed by atoms with Crippen LogP contribution < -0.4 is 0 Å². The van der Waals surface area contributed by atoms with Crippen LogP contribution in [0.3, 0.4) is 0 Å². The van der Waals surface area contributed by atoms with Crippen molar-refractivity contribution in [2.75, 3.05) is 0 Å². The molecule has 3 aromatic heterocycles. The van der Waals surface area contributed by atoms with E-state index in [4.69, 9.17) is 12.2 Å². The van der Waals surface area contributed by atoms with Crippen molar-refractivity contribution in [3.05, 3.63) is 53.4 Å². The maximum absolute atomic E-state index is 5.52. The maximum Gasteiger partial charge on any atom is 0.239 e. The van der Waals surface area contributed by atoms with Crippen LogP contribution in [0.5, 0.6) is 0 Å². The average Bonchev–Trinajstić information content (AvgIpc) is 2.77. The molecule has 1 aromatic carbocycles. The number of fused-ring (bicyclic) bond motifs is 4. The van der Waals surface area contributed by atoms with E-state index in [0.29, 0.717) is 10.5 Å². The molecule has 0 radical (unpaired) electrons. The molecule has 0 amide bonds. The Morgan fingerprint density at radius 1 is 0.944 bits per heavy atom. The molecule has 4 aromatic rings. The first-order chi connectivity index (χ1) is 8.84. The van der Waals surface area contributed by atoms with Gasteiger partial charge in [-0.1, -0.05) is 18.2 Å². The van der Waals surface area contributed by atoms with E-state index >= 15 is 0 Å². The van der Waals surface area contributed by atoms with Crippen molar-refractivity contribution in [3.8, 4) is 0 Å². The summed E-state index contributed by atoms with van der Waals surface area (Å²) in [6.45, 7) is 0. The molecule has 3 heterocycles. The Kier molecular flexibility index (Phi) is 1.82. The van der Waals surface area contributed by atoms with Gasteiger partial charge in [0.2, 0.25) is 5.78 Å². The SMILES string of the molecule is S=c1n2ccccc2nc2nc3ccccc3n12.